The highest BCUT2D eigenvalue weighted by Gasteiger charge is 2.33. The van der Waals surface area contributed by atoms with Crippen LogP contribution < -0.4 is 22.3 Å². The number of alkyl halides is 3. The van der Waals surface area contributed by atoms with Crippen LogP contribution in [0.4, 0.5) is 30.8 Å². The molecule has 35 heavy (non-hydrogen) atoms. The molecule has 2 aromatic heterocycles. The summed E-state index contributed by atoms with van der Waals surface area (Å²) in [6.45, 7) is -0.270. The fourth-order valence-electron chi connectivity index (χ4n) is 4.28. The van der Waals surface area contributed by atoms with Gasteiger partial charge < -0.3 is 16.8 Å². The van der Waals surface area contributed by atoms with Gasteiger partial charge in [-0.2, -0.15) is 23.1 Å². The maximum Gasteiger partial charge on any atom is 0.401 e. The molecule has 1 aliphatic heterocycles. The normalized spacial score (nSPS) is 15.6. The van der Waals surface area contributed by atoms with E-state index in [1.165, 1.54) is 4.90 Å². The first-order valence-corrected chi connectivity index (χ1v) is 11.6. The molecule has 0 amide bonds. The Morgan fingerprint density at radius 3 is 2.51 bits per heavy atom. The molecular formula is C21H23Cl2F3N8O. The van der Waals surface area contributed by atoms with Crippen molar-refractivity contribution in [3.05, 3.63) is 44.4 Å². The quantitative estimate of drug-likeness (QED) is 0.441. The third-order valence-electron chi connectivity index (χ3n) is 5.81. The van der Waals surface area contributed by atoms with Crippen molar-refractivity contribution in [3.63, 3.8) is 0 Å². The zero-order valence-electron chi connectivity index (χ0n) is 18.4. The van der Waals surface area contributed by atoms with Crippen LogP contribution in [0.5, 0.6) is 0 Å². The predicted molar refractivity (Wildman–Crippen MR) is 130 cm³/mol. The number of halogens is 5. The average molecular weight is 531 g/mol. The van der Waals surface area contributed by atoms with Gasteiger partial charge in [0.25, 0.3) is 5.56 Å². The number of likely N-dealkylation sites (tertiary alicyclic amines) is 1. The predicted octanol–water partition coefficient (Wildman–Crippen LogP) is 3.51. The van der Waals surface area contributed by atoms with E-state index in [2.05, 4.69) is 20.3 Å². The lowest BCUT2D eigenvalue weighted by Gasteiger charge is -2.34. The fourth-order valence-corrected chi connectivity index (χ4v) is 4.68. The second-order valence-corrected chi connectivity index (χ2v) is 9.05. The summed E-state index contributed by atoms with van der Waals surface area (Å²) in [7, 11) is 0. The van der Waals surface area contributed by atoms with Crippen LogP contribution in [0.3, 0.4) is 0 Å². The van der Waals surface area contributed by atoms with E-state index >= 15 is 0 Å². The van der Waals surface area contributed by atoms with Crippen LogP contribution in [-0.2, 0) is 6.42 Å². The van der Waals surface area contributed by atoms with Gasteiger partial charge in [-0.05, 0) is 25.0 Å². The van der Waals surface area contributed by atoms with Gasteiger partial charge in [-0.25, -0.2) is 4.98 Å². The van der Waals surface area contributed by atoms with Gasteiger partial charge in [0, 0.05) is 32.1 Å². The molecule has 0 radical (unpaired) electrons. The molecule has 0 unspecified atom stereocenters. The summed E-state index contributed by atoms with van der Waals surface area (Å²) in [6.07, 6.45) is -3.23. The molecule has 1 aromatic carbocycles. The largest absolute Gasteiger partial charge is 0.401 e. The Balaban J connectivity index is 1.62. The second kappa shape index (κ2) is 10.0. The molecular weight excluding hydrogens is 508 g/mol. The molecule has 0 spiro atoms. The number of anilines is 3. The van der Waals surface area contributed by atoms with E-state index in [-0.39, 0.29) is 64.3 Å². The monoisotopic (exact) mass is 530 g/mol. The summed E-state index contributed by atoms with van der Waals surface area (Å²) in [4.78, 5) is 27.3. The van der Waals surface area contributed by atoms with Crippen molar-refractivity contribution in [2.45, 2.75) is 31.5 Å². The zero-order valence-corrected chi connectivity index (χ0v) is 20.0. The van der Waals surface area contributed by atoms with Gasteiger partial charge in [-0.15, -0.1) is 0 Å². The van der Waals surface area contributed by atoms with E-state index < -0.39 is 12.7 Å². The molecule has 4 rings (SSSR count). The molecule has 3 heterocycles. The summed E-state index contributed by atoms with van der Waals surface area (Å²) in [6, 6.07) is 4.68. The molecule has 188 valence electrons. The number of aromatic nitrogens is 4. The van der Waals surface area contributed by atoms with Crippen molar-refractivity contribution in [3.8, 4) is 0 Å². The van der Waals surface area contributed by atoms with Gasteiger partial charge in [0.05, 0.1) is 22.5 Å². The second-order valence-electron chi connectivity index (χ2n) is 8.27. The van der Waals surface area contributed by atoms with Crippen molar-refractivity contribution < 1.29 is 13.2 Å². The van der Waals surface area contributed by atoms with Crippen molar-refractivity contribution in [1.29, 1.82) is 0 Å². The van der Waals surface area contributed by atoms with Gasteiger partial charge >= 0.3 is 6.18 Å². The molecule has 0 bridgehead atoms. The smallest absolute Gasteiger partial charge is 0.382 e. The van der Waals surface area contributed by atoms with Gasteiger partial charge in [0.1, 0.15) is 16.7 Å². The SMILES string of the molecule is Nc1nc(N)c(Cl)c(NCCc2nc3cccc(Cl)c3c(=O)n2C2CCN(CC(F)(F)F)CC2)n1. The Morgan fingerprint density at radius 1 is 1.11 bits per heavy atom. The Bertz CT molecular complexity index is 1290. The standard InChI is InChI=1S/C21H23Cl2F3N8O/c22-12-2-1-3-13-15(12)19(35)34(11-5-8-33(9-6-11)10-21(24,25)26)14(30-13)4-7-29-18-16(23)17(27)31-20(28)32-18/h1-3,11H,4-10H2,(H5,27,28,29,31,32). The highest BCUT2D eigenvalue weighted by atomic mass is 35.5. The first kappa shape index (κ1) is 25.3. The Labute approximate surface area is 208 Å². The number of nitrogens with zero attached hydrogens (tertiary/aromatic N) is 5. The molecule has 5 N–H and O–H groups in total. The molecule has 1 aliphatic rings. The summed E-state index contributed by atoms with van der Waals surface area (Å²) >= 11 is 12.4. The van der Waals surface area contributed by atoms with Crippen LogP contribution in [-0.4, -0.2) is 56.8 Å². The van der Waals surface area contributed by atoms with Crippen LogP contribution >= 0.6 is 23.2 Å². The van der Waals surface area contributed by atoms with E-state index in [1.807, 2.05) is 0 Å². The van der Waals surface area contributed by atoms with Crippen LogP contribution in [0.1, 0.15) is 24.7 Å². The van der Waals surface area contributed by atoms with Gasteiger partial charge in [0.2, 0.25) is 5.95 Å². The molecule has 1 saturated heterocycles. The first-order valence-electron chi connectivity index (χ1n) is 10.8. The molecule has 0 saturated carbocycles. The van der Waals surface area contributed by atoms with Gasteiger partial charge in [0.15, 0.2) is 5.82 Å². The van der Waals surface area contributed by atoms with Gasteiger partial charge in [-0.3, -0.25) is 14.3 Å². The number of piperidine rings is 1. The minimum Gasteiger partial charge on any atom is -0.382 e. The van der Waals surface area contributed by atoms with Crippen molar-refractivity contribution >= 4 is 51.7 Å². The molecule has 3 aromatic rings. The van der Waals surface area contributed by atoms with Crippen LogP contribution in [0.2, 0.25) is 10.0 Å². The Hall–Kier alpha value is -2.83. The summed E-state index contributed by atoms with van der Waals surface area (Å²) in [5.74, 6) is 0.700. The Kier molecular flexibility index (Phi) is 7.25. The number of nitrogens with two attached hydrogens (primary N) is 2. The van der Waals surface area contributed by atoms with Crippen LogP contribution in [0.25, 0.3) is 10.9 Å². The number of benzene rings is 1. The number of nitrogens with one attached hydrogen (secondary N) is 1. The highest BCUT2D eigenvalue weighted by molar-refractivity contribution is 6.35. The van der Waals surface area contributed by atoms with Crippen molar-refractivity contribution in [1.82, 2.24) is 24.4 Å². The average Bonchev–Trinajstić information content (AvgIpc) is 2.77. The molecule has 14 heteroatoms. The maximum atomic E-state index is 13.5. The lowest BCUT2D eigenvalue weighted by atomic mass is 10.0. The van der Waals surface area contributed by atoms with E-state index in [4.69, 9.17) is 34.7 Å². The number of hydrogen-bond acceptors (Lipinski definition) is 8. The number of hydrogen-bond donors (Lipinski definition) is 3. The number of rotatable bonds is 6. The fraction of sp³-hybridized carbons (Fsp3) is 0.429. The minimum atomic E-state index is -4.27. The third-order valence-corrected chi connectivity index (χ3v) is 6.50. The summed E-state index contributed by atoms with van der Waals surface area (Å²) < 4.78 is 40.0. The van der Waals surface area contributed by atoms with E-state index in [1.54, 1.807) is 22.8 Å². The summed E-state index contributed by atoms with van der Waals surface area (Å²) in [5.41, 5.74) is 11.5. The molecule has 1 fully saturated rings. The maximum absolute atomic E-state index is 13.5. The molecule has 9 nitrogen and oxygen atoms in total. The van der Waals surface area contributed by atoms with E-state index in [0.717, 1.165) is 0 Å². The minimum absolute atomic E-state index is 0.0302. The Morgan fingerprint density at radius 2 is 1.83 bits per heavy atom. The van der Waals surface area contributed by atoms with E-state index in [0.29, 0.717) is 30.6 Å². The van der Waals surface area contributed by atoms with E-state index in [9.17, 15) is 18.0 Å². The molecule has 0 atom stereocenters. The van der Waals surface area contributed by atoms with Gasteiger partial charge in [-0.1, -0.05) is 29.3 Å². The number of fused-ring (bicyclic) bond motifs is 1. The third kappa shape index (κ3) is 5.71. The highest BCUT2D eigenvalue weighted by Crippen LogP contribution is 2.28. The van der Waals surface area contributed by atoms with Crippen molar-refractivity contribution in [2.75, 3.05) is 43.0 Å². The van der Waals surface area contributed by atoms with Crippen molar-refractivity contribution in [2.24, 2.45) is 0 Å². The topological polar surface area (TPSA) is 128 Å². The number of nitrogen functional groups attached to an aromatic ring is 2. The van der Waals surface area contributed by atoms with Crippen LogP contribution in [0, 0.1) is 0 Å². The van der Waals surface area contributed by atoms with Crippen LogP contribution in [0.15, 0.2) is 23.0 Å². The molecule has 0 aliphatic carbocycles. The first-order chi connectivity index (χ1) is 16.5. The lowest BCUT2D eigenvalue weighted by molar-refractivity contribution is -0.148. The zero-order chi connectivity index (χ0) is 25.3. The summed E-state index contributed by atoms with van der Waals surface area (Å²) in [5, 5.41) is 3.70. The lowest BCUT2D eigenvalue weighted by Crippen LogP contribution is -2.42.